The monoisotopic (exact) mass is 569 g/mol. The Morgan fingerprint density at radius 2 is 0.625 bits per heavy atom. The highest BCUT2D eigenvalue weighted by Gasteiger charge is 2.19. The summed E-state index contributed by atoms with van der Waals surface area (Å²) in [6, 6.07) is 0. The minimum absolute atomic E-state index is 0. The Balaban J connectivity index is -0.000000210. The zero-order valence-electron chi connectivity index (χ0n) is 24.1. The van der Waals surface area contributed by atoms with E-state index in [1.165, 1.54) is 89.9 Å². The average molecular weight is 569 g/mol. The van der Waals surface area contributed by atoms with Gasteiger partial charge in [-0.2, -0.15) is 0 Å². The van der Waals surface area contributed by atoms with Gasteiger partial charge in [0.25, 0.3) is 0 Å². The van der Waals surface area contributed by atoms with Crippen LogP contribution in [0, 0.1) is 23.7 Å². The summed E-state index contributed by atoms with van der Waals surface area (Å²) in [6.45, 7) is 6.82. The summed E-state index contributed by atoms with van der Waals surface area (Å²) in [7, 11) is 0. The first-order valence-corrected chi connectivity index (χ1v) is 15.2. The number of hydrogen-bond donors (Lipinski definition) is 0. The Kier molecular flexibility index (Phi) is 31.8. The van der Waals surface area contributed by atoms with Crippen molar-refractivity contribution in [1.82, 2.24) is 0 Å². The van der Waals surface area contributed by atoms with Gasteiger partial charge in [0.05, 0.1) is 0 Å². The lowest BCUT2D eigenvalue weighted by molar-refractivity contribution is -0.122. The van der Waals surface area contributed by atoms with Crippen molar-refractivity contribution in [2.75, 3.05) is 0 Å². The third-order valence-corrected chi connectivity index (χ3v) is 8.46. The molecular formula is C36H72O4. The van der Waals surface area contributed by atoms with Crippen LogP contribution < -0.4 is 0 Å². The molecule has 240 valence electrons. The van der Waals surface area contributed by atoms with E-state index in [4.69, 9.17) is 0 Å². The smallest absolute Gasteiger partial charge is 0.132 e. The van der Waals surface area contributed by atoms with Gasteiger partial charge in [0.2, 0.25) is 0 Å². The zero-order chi connectivity index (χ0) is 26.8. The predicted octanol–water partition coefficient (Wildman–Crippen LogP) is 11.2. The van der Waals surface area contributed by atoms with Gasteiger partial charge < -0.3 is 9.59 Å². The van der Waals surface area contributed by atoms with Crippen molar-refractivity contribution in [1.29, 1.82) is 0 Å². The largest absolute Gasteiger partial charge is 0.300 e. The molecule has 0 aromatic rings. The molecule has 0 heterocycles. The molecule has 4 fully saturated rings. The maximum absolute atomic E-state index is 10.8. The Bertz CT molecular complexity index is 629. The van der Waals surface area contributed by atoms with Crippen LogP contribution in [-0.4, -0.2) is 23.1 Å². The molecule has 4 nitrogen and oxygen atoms in total. The molecule has 4 saturated carbocycles. The Morgan fingerprint density at radius 1 is 0.400 bits per heavy atom. The standard InChI is InChI=1S/C9H16O.2C8H14O.C7H12O.4CH4/c1-8(10)7-9-5-3-2-4-6-9;1-7(9)6-8-4-2-3-5-8;1-7(9)8-5-3-2-4-6-8;1-6(8)7-4-2-3-5-7;;;;/h9H,2-7H2,1H3;2*8H,2-6H2,1H3;7H,2-5H2,1H3;4*1H4. The van der Waals surface area contributed by atoms with Gasteiger partial charge in [-0.3, -0.25) is 9.59 Å². The summed E-state index contributed by atoms with van der Waals surface area (Å²) in [5, 5.41) is 0. The molecule has 40 heavy (non-hydrogen) atoms. The highest BCUT2D eigenvalue weighted by Crippen LogP contribution is 2.28. The maximum Gasteiger partial charge on any atom is 0.132 e. The number of carbonyl (C=O) groups is 4. The fraction of sp³-hybridized carbons (Fsp3) is 0.889. The topological polar surface area (TPSA) is 68.3 Å². The number of Topliss-reactive ketones (excluding diaryl/α,β-unsaturated/α-hetero) is 4. The normalized spacial score (nSPS) is 19.1. The van der Waals surface area contributed by atoms with Crippen molar-refractivity contribution in [3.05, 3.63) is 0 Å². The van der Waals surface area contributed by atoms with Gasteiger partial charge in [-0.05, 0) is 65.2 Å². The van der Waals surface area contributed by atoms with E-state index >= 15 is 0 Å². The van der Waals surface area contributed by atoms with E-state index in [0.717, 1.165) is 50.4 Å². The summed E-state index contributed by atoms with van der Waals surface area (Å²) in [4.78, 5) is 42.8. The summed E-state index contributed by atoms with van der Waals surface area (Å²) >= 11 is 0. The van der Waals surface area contributed by atoms with E-state index in [1.807, 2.05) is 0 Å². The molecule has 0 radical (unpaired) electrons. The van der Waals surface area contributed by atoms with Crippen LogP contribution in [0.3, 0.4) is 0 Å². The Labute approximate surface area is 251 Å². The molecule has 0 N–H and O–H groups in total. The van der Waals surface area contributed by atoms with E-state index in [0.29, 0.717) is 35.0 Å². The fourth-order valence-electron chi connectivity index (χ4n) is 6.26. The second-order valence-electron chi connectivity index (χ2n) is 12.0. The average Bonchev–Trinajstić information content (AvgIpc) is 3.56. The number of hydrogen-bond acceptors (Lipinski definition) is 4. The van der Waals surface area contributed by atoms with Crippen molar-refractivity contribution in [2.45, 2.75) is 186 Å². The van der Waals surface area contributed by atoms with Crippen LogP contribution in [0.2, 0.25) is 0 Å². The van der Waals surface area contributed by atoms with Gasteiger partial charge in [0.1, 0.15) is 23.1 Å². The molecule has 4 heteroatoms. The second kappa shape index (κ2) is 27.8. The minimum Gasteiger partial charge on any atom is -0.300 e. The number of rotatable bonds is 6. The van der Waals surface area contributed by atoms with Crippen molar-refractivity contribution in [2.24, 2.45) is 23.7 Å². The Morgan fingerprint density at radius 3 is 0.850 bits per heavy atom. The summed E-state index contributed by atoms with van der Waals surface area (Å²) in [6.07, 6.45) is 24.6. The molecule has 0 atom stereocenters. The lowest BCUT2D eigenvalue weighted by Crippen LogP contribution is -2.13. The Hall–Kier alpha value is -1.32. The second-order valence-corrected chi connectivity index (χ2v) is 12.0. The van der Waals surface area contributed by atoms with Gasteiger partial charge in [0, 0.05) is 24.7 Å². The van der Waals surface area contributed by atoms with Crippen molar-refractivity contribution in [3.63, 3.8) is 0 Å². The van der Waals surface area contributed by atoms with Gasteiger partial charge in [-0.1, -0.05) is 120 Å². The first-order chi connectivity index (χ1) is 17.2. The molecule has 0 aromatic carbocycles. The van der Waals surface area contributed by atoms with Crippen molar-refractivity contribution < 1.29 is 19.2 Å². The number of ketones is 4. The SMILES string of the molecule is C.C.C.C.CC(=O)C1CCCC1.CC(=O)C1CCCCC1.CC(=O)CC1CCCC1.CC(=O)CC1CCCCC1. The first kappa shape index (κ1) is 45.7. The van der Waals surface area contributed by atoms with Crippen LogP contribution in [0.1, 0.15) is 186 Å². The molecule has 4 aliphatic rings. The maximum atomic E-state index is 10.8. The summed E-state index contributed by atoms with van der Waals surface area (Å²) < 4.78 is 0. The van der Waals surface area contributed by atoms with Crippen LogP contribution in [0.5, 0.6) is 0 Å². The summed E-state index contributed by atoms with van der Waals surface area (Å²) in [5.41, 5.74) is 0. The highest BCUT2D eigenvalue weighted by atomic mass is 16.1. The van der Waals surface area contributed by atoms with E-state index < -0.39 is 0 Å². The fourth-order valence-corrected chi connectivity index (χ4v) is 6.26. The molecule has 0 bridgehead atoms. The quantitative estimate of drug-likeness (QED) is 0.319. The van der Waals surface area contributed by atoms with Crippen molar-refractivity contribution in [3.8, 4) is 0 Å². The molecule has 0 aromatic heterocycles. The summed E-state index contributed by atoms with van der Waals surface area (Å²) in [5.74, 6) is 3.83. The lowest BCUT2D eigenvalue weighted by atomic mass is 9.86. The van der Waals surface area contributed by atoms with Gasteiger partial charge in [-0.15, -0.1) is 0 Å². The predicted molar refractivity (Wildman–Crippen MR) is 176 cm³/mol. The third-order valence-electron chi connectivity index (χ3n) is 8.46. The highest BCUT2D eigenvalue weighted by molar-refractivity contribution is 5.78. The van der Waals surface area contributed by atoms with Crippen LogP contribution in [0.4, 0.5) is 0 Å². The van der Waals surface area contributed by atoms with Gasteiger partial charge in [-0.25, -0.2) is 0 Å². The van der Waals surface area contributed by atoms with Crippen LogP contribution in [-0.2, 0) is 19.2 Å². The van der Waals surface area contributed by atoms with Crippen molar-refractivity contribution >= 4 is 23.1 Å². The van der Waals surface area contributed by atoms with Gasteiger partial charge >= 0.3 is 0 Å². The number of carbonyl (C=O) groups excluding carboxylic acids is 4. The molecule has 4 rings (SSSR count). The lowest BCUT2D eigenvalue weighted by Gasteiger charge is -2.19. The van der Waals surface area contributed by atoms with Crippen LogP contribution in [0.25, 0.3) is 0 Å². The molecule has 0 saturated heterocycles. The van der Waals surface area contributed by atoms with E-state index in [2.05, 4.69) is 0 Å². The molecule has 0 spiro atoms. The third kappa shape index (κ3) is 23.4. The van der Waals surface area contributed by atoms with Crippen LogP contribution in [0.15, 0.2) is 0 Å². The molecule has 0 unspecified atom stereocenters. The molecule has 4 aliphatic carbocycles. The van der Waals surface area contributed by atoms with E-state index in [1.54, 1.807) is 27.7 Å². The van der Waals surface area contributed by atoms with E-state index in [-0.39, 0.29) is 29.7 Å². The molecule has 0 amide bonds. The first-order valence-electron chi connectivity index (χ1n) is 15.2. The zero-order valence-corrected chi connectivity index (χ0v) is 24.1. The van der Waals surface area contributed by atoms with E-state index in [9.17, 15) is 19.2 Å². The van der Waals surface area contributed by atoms with Crippen LogP contribution >= 0.6 is 0 Å². The molecule has 0 aliphatic heterocycles. The minimum atomic E-state index is 0. The molecular weight excluding hydrogens is 496 g/mol. The van der Waals surface area contributed by atoms with Gasteiger partial charge in [0.15, 0.2) is 0 Å².